The lowest BCUT2D eigenvalue weighted by Crippen LogP contribution is -2.39. The number of nitrogens with zero attached hydrogens (tertiary/aromatic N) is 2. The first-order valence-corrected chi connectivity index (χ1v) is 11.8. The summed E-state index contributed by atoms with van der Waals surface area (Å²) in [6.07, 6.45) is 3.59. The van der Waals surface area contributed by atoms with Gasteiger partial charge in [-0.3, -0.25) is 4.79 Å². The van der Waals surface area contributed by atoms with Crippen molar-refractivity contribution in [3.05, 3.63) is 81.5 Å². The van der Waals surface area contributed by atoms with Crippen LogP contribution in [0.15, 0.2) is 81.4 Å². The maximum atomic E-state index is 12.9. The minimum Gasteiger partial charge on any atom is -0.506 e. The van der Waals surface area contributed by atoms with Gasteiger partial charge >= 0.3 is 0 Å². The number of hydrogen-bond acceptors (Lipinski definition) is 6. The molecule has 0 radical (unpaired) electrons. The Morgan fingerprint density at radius 1 is 1.13 bits per heavy atom. The van der Waals surface area contributed by atoms with Gasteiger partial charge in [0.2, 0.25) is 11.3 Å². The van der Waals surface area contributed by atoms with E-state index in [9.17, 15) is 9.90 Å². The van der Waals surface area contributed by atoms with Crippen molar-refractivity contribution < 1.29 is 14.5 Å². The fourth-order valence-corrected chi connectivity index (χ4v) is 6.26. The summed E-state index contributed by atoms with van der Waals surface area (Å²) in [5, 5.41) is 12.6. The number of para-hydroxylation sites is 2. The Morgan fingerprint density at radius 3 is 2.68 bits per heavy atom. The summed E-state index contributed by atoms with van der Waals surface area (Å²) < 4.78 is 3.23. The predicted molar refractivity (Wildman–Crippen MR) is 127 cm³/mol. The summed E-state index contributed by atoms with van der Waals surface area (Å²) >= 11 is 3.21. The Morgan fingerprint density at radius 2 is 1.90 bits per heavy atom. The molecule has 3 aromatic rings. The van der Waals surface area contributed by atoms with E-state index in [0.717, 1.165) is 37.4 Å². The van der Waals surface area contributed by atoms with Crippen molar-refractivity contribution in [2.45, 2.75) is 18.4 Å². The highest BCUT2D eigenvalue weighted by molar-refractivity contribution is 8.03. The summed E-state index contributed by atoms with van der Waals surface area (Å²) in [5.74, 6) is -0.0729. The third-order valence-electron chi connectivity index (χ3n) is 5.48. The molecule has 0 unspecified atom stereocenters. The maximum absolute atomic E-state index is 12.9. The van der Waals surface area contributed by atoms with Crippen LogP contribution >= 0.6 is 23.1 Å². The van der Waals surface area contributed by atoms with Gasteiger partial charge in [0, 0.05) is 23.6 Å². The van der Waals surface area contributed by atoms with Crippen molar-refractivity contribution in [1.82, 2.24) is 0 Å². The molecular formula is C24H22N3O2S2+. The molecule has 31 heavy (non-hydrogen) atoms. The number of hydrogen-bond donors (Lipinski definition) is 2. The summed E-state index contributed by atoms with van der Waals surface area (Å²) in [4.78, 5) is 16.3. The van der Waals surface area contributed by atoms with Crippen molar-refractivity contribution in [1.29, 1.82) is 0 Å². The first kappa shape index (κ1) is 20.1. The zero-order valence-electron chi connectivity index (χ0n) is 17.0. The first-order valence-electron chi connectivity index (χ1n) is 10.2. The van der Waals surface area contributed by atoms with E-state index in [-0.39, 0.29) is 11.5 Å². The van der Waals surface area contributed by atoms with Gasteiger partial charge in [0.05, 0.1) is 28.4 Å². The molecule has 0 saturated carbocycles. The highest BCUT2D eigenvalue weighted by Crippen LogP contribution is 2.47. The Balaban J connectivity index is 1.51. The summed E-state index contributed by atoms with van der Waals surface area (Å²) in [5.41, 5.74) is 8.75. The zero-order valence-corrected chi connectivity index (χ0v) is 18.7. The van der Waals surface area contributed by atoms with E-state index in [1.54, 1.807) is 29.2 Å². The number of benzene rings is 2. The third kappa shape index (κ3) is 3.29. The number of thioether (sulfide) groups is 1. The molecule has 5 nitrogen and oxygen atoms in total. The number of thiazole rings is 1. The number of anilines is 1. The first-order chi connectivity index (χ1) is 15.1. The topological polar surface area (TPSA) is 70.4 Å². The standard InChI is InChI=1S/C24H21N3O2S2/c1-2-26-17-7-3-5-9-19(17)30-21(26)13-15-23(28)16(24(15)29)14-22-27(12-11-25)18-8-4-6-10-20(18)31-22/h3-10,13-14H,2,11-12,25H2,1H3/p+1. The molecular weight excluding hydrogens is 426 g/mol. The number of aromatic nitrogens is 1. The molecule has 1 aliphatic carbocycles. The van der Waals surface area contributed by atoms with Gasteiger partial charge in [-0.1, -0.05) is 47.4 Å². The quantitative estimate of drug-likeness (QED) is 0.447. The number of aliphatic hydroxyl groups is 1. The molecule has 0 amide bonds. The molecule has 2 aromatic carbocycles. The van der Waals surface area contributed by atoms with Gasteiger partial charge in [-0.25, -0.2) is 0 Å². The molecule has 0 fully saturated rings. The molecule has 2 aliphatic rings. The van der Waals surface area contributed by atoms with E-state index < -0.39 is 0 Å². The van der Waals surface area contributed by atoms with E-state index >= 15 is 0 Å². The lowest BCUT2D eigenvalue weighted by molar-refractivity contribution is -0.666. The Kier molecular flexibility index (Phi) is 5.17. The van der Waals surface area contributed by atoms with Crippen LogP contribution < -0.4 is 15.2 Å². The van der Waals surface area contributed by atoms with Crippen LogP contribution in [0.25, 0.3) is 16.3 Å². The normalized spacial score (nSPS) is 18.4. The second kappa shape index (κ2) is 8.00. The summed E-state index contributed by atoms with van der Waals surface area (Å²) in [6, 6.07) is 16.3. The van der Waals surface area contributed by atoms with Crippen molar-refractivity contribution >= 4 is 50.9 Å². The zero-order chi connectivity index (χ0) is 21.5. The molecule has 0 spiro atoms. The number of fused-ring (bicyclic) bond motifs is 2. The van der Waals surface area contributed by atoms with Gasteiger partial charge < -0.3 is 15.7 Å². The predicted octanol–water partition coefficient (Wildman–Crippen LogP) is 4.40. The van der Waals surface area contributed by atoms with Gasteiger partial charge in [-0.2, -0.15) is 4.57 Å². The second-order valence-corrected chi connectivity index (χ2v) is 9.42. The summed E-state index contributed by atoms with van der Waals surface area (Å²) in [7, 11) is 0. The molecule has 3 N–H and O–H groups in total. The number of rotatable bonds is 5. The van der Waals surface area contributed by atoms with Gasteiger partial charge in [0.25, 0.3) is 5.01 Å². The van der Waals surface area contributed by atoms with Gasteiger partial charge in [-0.15, -0.1) is 0 Å². The number of aliphatic hydroxyl groups excluding tert-OH is 1. The van der Waals surface area contributed by atoms with Crippen molar-refractivity contribution in [3.63, 3.8) is 0 Å². The van der Waals surface area contributed by atoms with E-state index in [1.807, 2.05) is 36.4 Å². The molecule has 156 valence electrons. The highest BCUT2D eigenvalue weighted by Gasteiger charge is 2.35. The number of ketones is 1. The van der Waals surface area contributed by atoms with E-state index in [1.165, 1.54) is 0 Å². The Labute approximate surface area is 188 Å². The molecule has 7 heteroatoms. The highest BCUT2D eigenvalue weighted by atomic mass is 32.2. The van der Waals surface area contributed by atoms with E-state index in [4.69, 9.17) is 5.73 Å². The molecule has 1 aliphatic heterocycles. The average Bonchev–Trinajstić information content (AvgIpc) is 3.33. The lowest BCUT2D eigenvalue weighted by atomic mass is 9.88. The van der Waals surface area contributed by atoms with Gasteiger partial charge in [-0.05, 0) is 31.2 Å². The molecule has 1 aromatic heterocycles. The number of carbonyl (C=O) groups excluding carboxylic acids is 1. The van der Waals surface area contributed by atoms with Crippen molar-refractivity contribution in [3.8, 4) is 0 Å². The number of Topliss-reactive ketones (excluding diaryl/α,β-unsaturated/α-hetero) is 1. The second-order valence-electron chi connectivity index (χ2n) is 7.29. The smallest absolute Gasteiger partial charge is 0.263 e. The van der Waals surface area contributed by atoms with Crippen LogP contribution in [0, 0.1) is 0 Å². The minimum absolute atomic E-state index is 0.0573. The largest absolute Gasteiger partial charge is 0.506 e. The molecule has 0 bridgehead atoms. The van der Waals surface area contributed by atoms with Gasteiger partial charge in [0.15, 0.2) is 6.54 Å². The number of nitrogens with two attached hydrogens (primary N) is 1. The monoisotopic (exact) mass is 448 g/mol. The van der Waals surface area contributed by atoms with Crippen molar-refractivity contribution in [2.24, 2.45) is 5.73 Å². The number of allylic oxidation sites excluding steroid dienone is 3. The maximum Gasteiger partial charge on any atom is 0.263 e. The molecule has 2 heterocycles. The molecule has 0 saturated heterocycles. The molecule has 5 rings (SSSR count). The van der Waals surface area contributed by atoms with E-state index in [2.05, 4.69) is 34.6 Å². The Bertz CT molecular complexity index is 1300. The van der Waals surface area contributed by atoms with Crippen LogP contribution in [0.3, 0.4) is 0 Å². The average molecular weight is 449 g/mol. The van der Waals surface area contributed by atoms with E-state index in [0.29, 0.717) is 24.2 Å². The minimum atomic E-state index is -0.130. The fraction of sp³-hybridized carbons (Fsp3) is 0.167. The van der Waals surface area contributed by atoms with Crippen LogP contribution in [0.2, 0.25) is 0 Å². The fourth-order valence-electron chi connectivity index (χ4n) is 3.96. The molecule has 0 atom stereocenters. The van der Waals surface area contributed by atoms with Crippen LogP contribution in [0.4, 0.5) is 5.69 Å². The summed E-state index contributed by atoms with van der Waals surface area (Å²) in [6.45, 7) is 4.02. The van der Waals surface area contributed by atoms with Crippen molar-refractivity contribution in [2.75, 3.05) is 18.0 Å². The SMILES string of the molecule is CCN1/C(=C/C2=C(O)C(=C\c3sc4ccccc4[n+]3CCN)/C2=O)Sc2ccccc21. The number of carbonyl (C=O) groups is 1. The van der Waals surface area contributed by atoms with Gasteiger partial charge in [0.1, 0.15) is 10.5 Å². The van der Waals surface area contributed by atoms with Crippen LogP contribution in [-0.2, 0) is 11.3 Å². The van der Waals surface area contributed by atoms with Crippen LogP contribution in [0.5, 0.6) is 0 Å². The van der Waals surface area contributed by atoms with Crippen LogP contribution in [-0.4, -0.2) is 24.0 Å². The Hall–Kier alpha value is -2.87. The third-order valence-corrected chi connectivity index (χ3v) is 7.70. The lowest BCUT2D eigenvalue weighted by Gasteiger charge is -2.22. The van der Waals surface area contributed by atoms with Crippen LogP contribution in [0.1, 0.15) is 11.9 Å².